The summed E-state index contributed by atoms with van der Waals surface area (Å²) in [6.45, 7) is 3.85. The molecule has 0 fully saturated rings. The first kappa shape index (κ1) is 19.8. The van der Waals surface area contributed by atoms with Crippen molar-refractivity contribution in [1.29, 1.82) is 0 Å². The van der Waals surface area contributed by atoms with Crippen molar-refractivity contribution in [2.24, 2.45) is 0 Å². The van der Waals surface area contributed by atoms with Gasteiger partial charge >= 0.3 is 5.97 Å². The first-order valence-corrected chi connectivity index (χ1v) is 9.02. The number of esters is 1. The molecule has 0 aliphatic rings. The van der Waals surface area contributed by atoms with Gasteiger partial charge in [0.15, 0.2) is 5.82 Å². The molecule has 146 valence electrons. The molecule has 0 N–H and O–H groups in total. The smallest absolute Gasteiger partial charge is 0.325 e. The number of nitrogens with zero attached hydrogens (tertiary/aromatic N) is 5. The first-order valence-electron chi connectivity index (χ1n) is 8.64. The maximum Gasteiger partial charge on any atom is 0.325 e. The second-order valence-corrected chi connectivity index (χ2v) is 6.84. The standard InChI is InChI=1S/C19H20ClN5O3/c1-12-8-13(2)25-19(21-12)22-16(23-25)9-17(26)24(11-18(27)28-3)10-14-4-6-15(20)7-5-14/h4-8H,9-11H2,1-3H3. The number of hydrogen-bond acceptors (Lipinski definition) is 6. The molecule has 0 radical (unpaired) electrons. The minimum absolute atomic E-state index is 0.0492. The topological polar surface area (TPSA) is 89.7 Å². The van der Waals surface area contributed by atoms with Crippen molar-refractivity contribution in [3.8, 4) is 0 Å². The highest BCUT2D eigenvalue weighted by Gasteiger charge is 2.21. The van der Waals surface area contributed by atoms with Crippen molar-refractivity contribution < 1.29 is 14.3 Å². The fourth-order valence-corrected chi connectivity index (χ4v) is 2.92. The summed E-state index contributed by atoms with van der Waals surface area (Å²) in [6.07, 6.45) is -0.0492. The van der Waals surface area contributed by atoms with Crippen LogP contribution in [0.2, 0.25) is 5.02 Å². The summed E-state index contributed by atoms with van der Waals surface area (Å²) >= 11 is 5.91. The number of rotatable bonds is 6. The molecule has 2 heterocycles. The van der Waals surface area contributed by atoms with Crippen molar-refractivity contribution in [2.75, 3.05) is 13.7 Å². The quantitative estimate of drug-likeness (QED) is 0.588. The van der Waals surface area contributed by atoms with Crippen LogP contribution in [0.15, 0.2) is 30.3 Å². The van der Waals surface area contributed by atoms with Crippen LogP contribution in [0.5, 0.6) is 0 Å². The Hall–Kier alpha value is -3.00. The fraction of sp³-hybridized carbons (Fsp3) is 0.316. The van der Waals surface area contributed by atoms with E-state index in [9.17, 15) is 9.59 Å². The molecule has 0 aliphatic heterocycles. The van der Waals surface area contributed by atoms with Crippen LogP contribution in [-0.4, -0.2) is 50.0 Å². The Labute approximate surface area is 167 Å². The minimum atomic E-state index is -0.501. The fourth-order valence-electron chi connectivity index (χ4n) is 2.79. The van der Waals surface area contributed by atoms with Crippen LogP contribution in [0.4, 0.5) is 0 Å². The summed E-state index contributed by atoms with van der Waals surface area (Å²) in [5.41, 5.74) is 2.55. The van der Waals surface area contributed by atoms with Crippen molar-refractivity contribution >= 4 is 29.3 Å². The molecule has 0 unspecified atom stereocenters. The number of carbonyl (C=O) groups is 2. The van der Waals surface area contributed by atoms with E-state index in [0.29, 0.717) is 16.6 Å². The lowest BCUT2D eigenvalue weighted by molar-refractivity contribution is -0.147. The van der Waals surface area contributed by atoms with Crippen LogP contribution in [-0.2, 0) is 27.3 Å². The zero-order valence-corrected chi connectivity index (χ0v) is 16.6. The minimum Gasteiger partial charge on any atom is -0.468 e. The van der Waals surface area contributed by atoms with Crippen LogP contribution in [0, 0.1) is 13.8 Å². The highest BCUT2D eigenvalue weighted by atomic mass is 35.5. The lowest BCUT2D eigenvalue weighted by Crippen LogP contribution is -2.37. The Bertz CT molecular complexity index is 1020. The highest BCUT2D eigenvalue weighted by molar-refractivity contribution is 6.30. The zero-order chi connectivity index (χ0) is 20.3. The van der Waals surface area contributed by atoms with Gasteiger partial charge in [-0.05, 0) is 37.6 Å². The van der Waals surface area contributed by atoms with Gasteiger partial charge in [-0.25, -0.2) is 9.50 Å². The summed E-state index contributed by atoms with van der Waals surface area (Å²) in [5, 5.41) is 4.95. The van der Waals surface area contributed by atoms with Crippen molar-refractivity contribution in [3.05, 3.63) is 58.1 Å². The molecule has 0 saturated heterocycles. The van der Waals surface area contributed by atoms with Crippen LogP contribution < -0.4 is 0 Å². The number of aromatic nitrogens is 4. The molecule has 8 nitrogen and oxygen atoms in total. The van der Waals surface area contributed by atoms with Crippen LogP contribution in [0.3, 0.4) is 0 Å². The number of fused-ring (bicyclic) bond motifs is 1. The van der Waals surface area contributed by atoms with Gasteiger partial charge in [-0.2, -0.15) is 4.98 Å². The Morgan fingerprint density at radius 2 is 1.89 bits per heavy atom. The lowest BCUT2D eigenvalue weighted by atomic mass is 10.2. The summed E-state index contributed by atoms with van der Waals surface area (Å²) in [4.78, 5) is 34.7. The summed E-state index contributed by atoms with van der Waals surface area (Å²) in [6, 6.07) is 8.96. The predicted octanol–water partition coefficient (Wildman–Crippen LogP) is 2.14. The maximum absolute atomic E-state index is 12.8. The molecule has 0 aliphatic carbocycles. The molecule has 3 rings (SSSR count). The molecule has 1 aromatic carbocycles. The molecule has 0 bridgehead atoms. The van der Waals surface area contributed by atoms with E-state index in [4.69, 9.17) is 16.3 Å². The van der Waals surface area contributed by atoms with Gasteiger partial charge in [-0.3, -0.25) is 9.59 Å². The van der Waals surface area contributed by atoms with Crippen molar-refractivity contribution in [1.82, 2.24) is 24.5 Å². The number of carbonyl (C=O) groups excluding carboxylic acids is 2. The number of aryl methyl sites for hydroxylation is 2. The number of methoxy groups -OCH3 is 1. The first-order chi connectivity index (χ1) is 13.4. The number of ether oxygens (including phenoxy) is 1. The van der Waals surface area contributed by atoms with Gasteiger partial charge in [0.25, 0.3) is 5.78 Å². The lowest BCUT2D eigenvalue weighted by Gasteiger charge is -2.21. The normalized spacial score (nSPS) is 10.9. The number of amides is 1. The third-order valence-corrected chi connectivity index (χ3v) is 4.41. The van der Waals surface area contributed by atoms with Crippen LogP contribution in [0.1, 0.15) is 22.8 Å². The van der Waals surface area contributed by atoms with E-state index in [1.54, 1.807) is 28.8 Å². The van der Waals surface area contributed by atoms with E-state index in [2.05, 4.69) is 15.1 Å². The van der Waals surface area contributed by atoms with Gasteiger partial charge in [-0.15, -0.1) is 5.10 Å². The molecular formula is C19H20ClN5O3. The van der Waals surface area contributed by atoms with Crippen molar-refractivity contribution in [2.45, 2.75) is 26.8 Å². The Morgan fingerprint density at radius 3 is 2.57 bits per heavy atom. The third-order valence-electron chi connectivity index (χ3n) is 4.16. The van der Waals surface area contributed by atoms with Crippen molar-refractivity contribution in [3.63, 3.8) is 0 Å². The molecule has 0 spiro atoms. The second-order valence-electron chi connectivity index (χ2n) is 6.41. The Balaban J connectivity index is 1.81. The highest BCUT2D eigenvalue weighted by Crippen LogP contribution is 2.13. The summed E-state index contributed by atoms with van der Waals surface area (Å²) in [7, 11) is 1.29. The van der Waals surface area contributed by atoms with Crippen LogP contribution in [0.25, 0.3) is 5.78 Å². The van der Waals surface area contributed by atoms with E-state index in [1.807, 2.05) is 19.9 Å². The Morgan fingerprint density at radius 1 is 1.18 bits per heavy atom. The van der Waals surface area contributed by atoms with Gasteiger partial charge in [0.2, 0.25) is 5.91 Å². The number of hydrogen-bond donors (Lipinski definition) is 0. The van der Waals surface area contributed by atoms with Gasteiger partial charge in [0.05, 0.1) is 13.5 Å². The molecule has 2 aromatic heterocycles. The van der Waals surface area contributed by atoms with E-state index >= 15 is 0 Å². The van der Waals surface area contributed by atoms with E-state index in [0.717, 1.165) is 17.0 Å². The van der Waals surface area contributed by atoms with Crippen LogP contribution >= 0.6 is 11.6 Å². The monoisotopic (exact) mass is 401 g/mol. The number of benzene rings is 1. The average Bonchev–Trinajstić information content (AvgIpc) is 3.05. The summed E-state index contributed by atoms with van der Waals surface area (Å²) < 4.78 is 6.31. The SMILES string of the molecule is COC(=O)CN(Cc1ccc(Cl)cc1)C(=O)Cc1nc2nc(C)cc(C)n2n1. The molecule has 28 heavy (non-hydrogen) atoms. The van der Waals surface area contributed by atoms with E-state index in [1.165, 1.54) is 12.0 Å². The maximum atomic E-state index is 12.8. The van der Waals surface area contributed by atoms with E-state index < -0.39 is 5.97 Å². The predicted molar refractivity (Wildman–Crippen MR) is 103 cm³/mol. The number of halogens is 1. The molecular weight excluding hydrogens is 382 g/mol. The summed E-state index contributed by atoms with van der Waals surface area (Å²) in [5.74, 6) is -0.00117. The van der Waals surface area contributed by atoms with Gasteiger partial charge in [0.1, 0.15) is 6.54 Å². The second kappa shape index (κ2) is 8.35. The van der Waals surface area contributed by atoms with Gasteiger partial charge in [-0.1, -0.05) is 23.7 Å². The third kappa shape index (κ3) is 4.64. The molecule has 9 heteroatoms. The van der Waals surface area contributed by atoms with Gasteiger partial charge < -0.3 is 9.64 Å². The molecule has 0 saturated carbocycles. The molecule has 1 amide bonds. The zero-order valence-electron chi connectivity index (χ0n) is 15.8. The largest absolute Gasteiger partial charge is 0.468 e. The average molecular weight is 402 g/mol. The molecule has 0 atom stereocenters. The Kier molecular flexibility index (Phi) is 5.89. The van der Waals surface area contributed by atoms with E-state index in [-0.39, 0.29) is 25.4 Å². The molecule has 3 aromatic rings. The van der Waals surface area contributed by atoms with Gasteiger partial charge in [0, 0.05) is 23.0 Å².